The third kappa shape index (κ3) is 4.50. The zero-order chi connectivity index (χ0) is 12.8. The number of carboxylic acid groups (broad SMARTS) is 1. The molecule has 1 atom stereocenters. The van der Waals surface area contributed by atoms with Crippen LogP contribution in [0, 0.1) is 5.82 Å². The number of hydrogen-bond donors (Lipinski definition) is 2. The van der Waals surface area contributed by atoms with Crippen molar-refractivity contribution in [2.45, 2.75) is 13.0 Å². The van der Waals surface area contributed by atoms with Gasteiger partial charge in [0.25, 0.3) is 5.91 Å². The summed E-state index contributed by atoms with van der Waals surface area (Å²) in [5.74, 6) is -1.74. The van der Waals surface area contributed by atoms with Crippen molar-refractivity contribution in [3.05, 3.63) is 30.1 Å². The van der Waals surface area contributed by atoms with Crippen LogP contribution in [0.5, 0.6) is 5.75 Å². The van der Waals surface area contributed by atoms with Crippen LogP contribution in [0.25, 0.3) is 0 Å². The number of halogens is 1. The van der Waals surface area contributed by atoms with E-state index >= 15 is 0 Å². The minimum Gasteiger partial charge on any atom is -0.484 e. The molecule has 0 aromatic heterocycles. The predicted molar refractivity (Wildman–Crippen MR) is 57.1 cm³/mol. The van der Waals surface area contributed by atoms with Gasteiger partial charge in [-0.25, -0.2) is 4.39 Å². The molecule has 0 aliphatic carbocycles. The summed E-state index contributed by atoms with van der Waals surface area (Å²) >= 11 is 0. The molecular weight excluding hydrogens is 229 g/mol. The number of hydrogen-bond acceptors (Lipinski definition) is 3. The third-order valence-corrected chi connectivity index (χ3v) is 1.93. The fourth-order valence-corrected chi connectivity index (χ4v) is 1.02. The molecule has 1 amide bonds. The van der Waals surface area contributed by atoms with Crippen molar-refractivity contribution in [2.75, 3.05) is 6.61 Å². The number of carboxylic acids is 1. The Balaban J connectivity index is 2.38. The first-order valence-corrected chi connectivity index (χ1v) is 4.89. The number of aliphatic carboxylic acids is 1. The topological polar surface area (TPSA) is 75.6 Å². The van der Waals surface area contributed by atoms with Gasteiger partial charge in [-0.15, -0.1) is 0 Å². The van der Waals surface area contributed by atoms with Crippen LogP contribution in [0.3, 0.4) is 0 Å². The lowest BCUT2D eigenvalue weighted by Crippen LogP contribution is -2.40. The molecule has 5 nitrogen and oxygen atoms in total. The molecule has 0 heterocycles. The van der Waals surface area contributed by atoms with Gasteiger partial charge < -0.3 is 15.2 Å². The summed E-state index contributed by atoms with van der Waals surface area (Å²) in [5.41, 5.74) is 0. The van der Waals surface area contributed by atoms with Crippen LogP contribution >= 0.6 is 0 Å². The normalized spacial score (nSPS) is 11.6. The van der Waals surface area contributed by atoms with Crippen molar-refractivity contribution in [2.24, 2.45) is 0 Å². The average Bonchev–Trinajstić information content (AvgIpc) is 2.28. The first kappa shape index (κ1) is 13.0. The highest BCUT2D eigenvalue weighted by Crippen LogP contribution is 2.10. The van der Waals surface area contributed by atoms with Crippen molar-refractivity contribution in [3.8, 4) is 5.75 Å². The Morgan fingerprint density at radius 1 is 1.41 bits per heavy atom. The molecule has 0 aliphatic heterocycles. The van der Waals surface area contributed by atoms with E-state index in [1.165, 1.54) is 31.2 Å². The van der Waals surface area contributed by atoms with Crippen LogP contribution in [0.1, 0.15) is 6.92 Å². The van der Waals surface area contributed by atoms with Crippen molar-refractivity contribution in [1.82, 2.24) is 5.32 Å². The van der Waals surface area contributed by atoms with Gasteiger partial charge >= 0.3 is 5.97 Å². The standard InChI is InChI=1S/C11H12FNO4/c1-7(11(15)16)13-10(14)6-17-9-4-2-8(12)3-5-9/h2-5,7H,6H2,1H3,(H,13,14)(H,15,16)/t7-/m0/s1. The lowest BCUT2D eigenvalue weighted by Gasteiger charge is -2.10. The van der Waals surface area contributed by atoms with Gasteiger partial charge in [0.1, 0.15) is 17.6 Å². The summed E-state index contributed by atoms with van der Waals surface area (Å²) in [6.07, 6.45) is 0. The molecule has 0 unspecified atom stereocenters. The van der Waals surface area contributed by atoms with Crippen LogP contribution < -0.4 is 10.1 Å². The van der Waals surface area contributed by atoms with Crippen molar-refractivity contribution >= 4 is 11.9 Å². The van der Waals surface area contributed by atoms with E-state index in [0.717, 1.165) is 0 Å². The van der Waals surface area contributed by atoms with Gasteiger partial charge in [-0.1, -0.05) is 0 Å². The molecule has 17 heavy (non-hydrogen) atoms. The van der Waals surface area contributed by atoms with E-state index in [-0.39, 0.29) is 6.61 Å². The summed E-state index contributed by atoms with van der Waals surface area (Å²) in [6.45, 7) is 1.03. The fraction of sp³-hybridized carbons (Fsp3) is 0.273. The Morgan fingerprint density at radius 3 is 2.53 bits per heavy atom. The molecule has 0 saturated carbocycles. The van der Waals surface area contributed by atoms with Crippen LogP contribution in [-0.2, 0) is 9.59 Å². The molecule has 1 rings (SSSR count). The Morgan fingerprint density at radius 2 is 2.00 bits per heavy atom. The number of benzene rings is 1. The van der Waals surface area contributed by atoms with Gasteiger partial charge in [0.15, 0.2) is 6.61 Å². The number of carbonyl (C=O) groups excluding carboxylic acids is 1. The molecule has 0 spiro atoms. The van der Waals surface area contributed by atoms with E-state index in [2.05, 4.69) is 5.32 Å². The Kier molecular flexibility index (Phi) is 4.45. The highest BCUT2D eigenvalue weighted by Gasteiger charge is 2.13. The Hall–Kier alpha value is -2.11. The van der Waals surface area contributed by atoms with E-state index in [4.69, 9.17) is 9.84 Å². The number of ether oxygens (including phenoxy) is 1. The molecule has 0 fully saturated rings. The lowest BCUT2D eigenvalue weighted by atomic mass is 10.3. The van der Waals surface area contributed by atoms with E-state index in [9.17, 15) is 14.0 Å². The minimum atomic E-state index is -1.12. The van der Waals surface area contributed by atoms with Crippen LogP contribution in [0.15, 0.2) is 24.3 Å². The van der Waals surface area contributed by atoms with Gasteiger partial charge in [-0.05, 0) is 31.2 Å². The molecule has 0 aliphatic rings. The average molecular weight is 241 g/mol. The molecule has 2 N–H and O–H groups in total. The predicted octanol–water partition coefficient (Wildman–Crippen LogP) is 0.794. The van der Waals surface area contributed by atoms with Crippen LogP contribution in [0.4, 0.5) is 4.39 Å². The van der Waals surface area contributed by atoms with Gasteiger partial charge in [-0.3, -0.25) is 9.59 Å². The van der Waals surface area contributed by atoms with Crippen LogP contribution in [-0.4, -0.2) is 29.6 Å². The largest absolute Gasteiger partial charge is 0.484 e. The maximum atomic E-state index is 12.5. The van der Waals surface area contributed by atoms with E-state index in [1.807, 2.05) is 0 Å². The maximum absolute atomic E-state index is 12.5. The second kappa shape index (κ2) is 5.83. The molecule has 1 aromatic rings. The van der Waals surface area contributed by atoms with Gasteiger partial charge in [0.2, 0.25) is 0 Å². The highest BCUT2D eigenvalue weighted by molar-refractivity contribution is 5.84. The zero-order valence-corrected chi connectivity index (χ0v) is 9.14. The second-order valence-electron chi connectivity index (χ2n) is 3.37. The minimum absolute atomic E-state index is 0.316. The zero-order valence-electron chi connectivity index (χ0n) is 9.14. The van der Waals surface area contributed by atoms with Crippen LogP contribution in [0.2, 0.25) is 0 Å². The maximum Gasteiger partial charge on any atom is 0.325 e. The SMILES string of the molecule is C[C@H](NC(=O)COc1ccc(F)cc1)C(=O)O. The molecule has 0 radical (unpaired) electrons. The molecule has 0 bridgehead atoms. The molecular formula is C11H12FNO4. The number of amides is 1. The van der Waals surface area contributed by atoms with E-state index in [1.54, 1.807) is 0 Å². The summed E-state index contributed by atoms with van der Waals surface area (Å²) < 4.78 is 17.6. The van der Waals surface area contributed by atoms with Gasteiger partial charge in [-0.2, -0.15) is 0 Å². The Labute approximate surface area is 97.2 Å². The quantitative estimate of drug-likeness (QED) is 0.799. The van der Waals surface area contributed by atoms with Gasteiger partial charge in [0.05, 0.1) is 0 Å². The third-order valence-electron chi connectivity index (χ3n) is 1.93. The highest BCUT2D eigenvalue weighted by atomic mass is 19.1. The summed E-state index contributed by atoms with van der Waals surface area (Å²) in [7, 11) is 0. The van der Waals surface area contributed by atoms with Crippen molar-refractivity contribution < 1.29 is 23.8 Å². The summed E-state index contributed by atoms with van der Waals surface area (Å²) in [4.78, 5) is 21.7. The lowest BCUT2D eigenvalue weighted by molar-refractivity contribution is -0.141. The molecule has 92 valence electrons. The Bertz CT molecular complexity index is 404. The summed E-state index contributed by atoms with van der Waals surface area (Å²) in [6, 6.07) is 4.19. The first-order chi connectivity index (χ1) is 7.99. The van der Waals surface area contributed by atoms with Gasteiger partial charge in [0, 0.05) is 0 Å². The van der Waals surface area contributed by atoms with Crippen molar-refractivity contribution in [1.29, 1.82) is 0 Å². The monoisotopic (exact) mass is 241 g/mol. The fourth-order valence-electron chi connectivity index (χ4n) is 1.02. The van der Waals surface area contributed by atoms with E-state index in [0.29, 0.717) is 5.75 Å². The molecule has 6 heteroatoms. The number of rotatable bonds is 5. The molecule has 1 aromatic carbocycles. The van der Waals surface area contributed by atoms with E-state index < -0.39 is 23.7 Å². The van der Waals surface area contributed by atoms with Crippen molar-refractivity contribution in [3.63, 3.8) is 0 Å². The molecule has 0 saturated heterocycles. The first-order valence-electron chi connectivity index (χ1n) is 4.89. The second-order valence-corrected chi connectivity index (χ2v) is 3.37. The number of nitrogens with one attached hydrogen (secondary N) is 1. The smallest absolute Gasteiger partial charge is 0.325 e. The number of carbonyl (C=O) groups is 2. The summed E-state index contributed by atoms with van der Waals surface area (Å²) in [5, 5.41) is 10.8.